The zero-order valence-corrected chi connectivity index (χ0v) is 12.1. The van der Waals surface area contributed by atoms with E-state index in [-0.39, 0.29) is 23.1 Å². The molecule has 0 aromatic heterocycles. The quantitative estimate of drug-likeness (QED) is 0.435. The van der Waals surface area contributed by atoms with Gasteiger partial charge in [-0.2, -0.15) is 0 Å². The Morgan fingerprint density at radius 3 is 2.70 bits per heavy atom. The highest BCUT2D eigenvalue weighted by Crippen LogP contribution is 2.22. The van der Waals surface area contributed by atoms with Crippen molar-refractivity contribution in [2.45, 2.75) is 26.8 Å². The molecule has 0 N–H and O–H groups in total. The van der Waals surface area contributed by atoms with E-state index in [1.165, 1.54) is 13.2 Å². The standard InChI is InChI=1S/C14H20N2O4/c1-4-8-15(10-14(17)20-3)9-12-6-5-7-13(11(12)2)16(18)19/h5-7H,4,8-10H2,1-3H3. The molecule has 20 heavy (non-hydrogen) atoms. The summed E-state index contributed by atoms with van der Waals surface area (Å²) in [4.78, 5) is 23.8. The van der Waals surface area contributed by atoms with Gasteiger partial charge in [-0.3, -0.25) is 19.8 Å². The summed E-state index contributed by atoms with van der Waals surface area (Å²) in [5, 5.41) is 10.9. The fraction of sp³-hybridized carbons (Fsp3) is 0.500. The highest BCUT2D eigenvalue weighted by Gasteiger charge is 2.16. The fourth-order valence-corrected chi connectivity index (χ4v) is 2.06. The predicted molar refractivity (Wildman–Crippen MR) is 75.4 cm³/mol. The molecule has 0 spiro atoms. The smallest absolute Gasteiger partial charge is 0.319 e. The maximum Gasteiger partial charge on any atom is 0.319 e. The first-order valence-corrected chi connectivity index (χ1v) is 6.51. The van der Waals surface area contributed by atoms with Crippen LogP contribution in [0.2, 0.25) is 0 Å². The average molecular weight is 280 g/mol. The predicted octanol–water partition coefficient (Wildman–Crippen LogP) is 2.29. The zero-order chi connectivity index (χ0) is 15.1. The number of nitrogens with zero attached hydrogens (tertiary/aromatic N) is 2. The summed E-state index contributed by atoms with van der Waals surface area (Å²) in [5.74, 6) is -0.304. The molecule has 0 heterocycles. The lowest BCUT2D eigenvalue weighted by Gasteiger charge is -2.21. The molecule has 1 rings (SSSR count). The number of nitro groups is 1. The maximum atomic E-state index is 11.4. The van der Waals surface area contributed by atoms with E-state index in [4.69, 9.17) is 0 Å². The molecule has 110 valence electrons. The molecule has 1 aromatic rings. The Bertz CT molecular complexity index is 488. The third-order valence-electron chi connectivity index (χ3n) is 3.13. The lowest BCUT2D eigenvalue weighted by Crippen LogP contribution is -2.31. The zero-order valence-electron chi connectivity index (χ0n) is 12.1. The van der Waals surface area contributed by atoms with E-state index >= 15 is 0 Å². The first kappa shape index (κ1) is 16.1. The first-order chi connectivity index (χ1) is 9.49. The van der Waals surface area contributed by atoms with Crippen LogP contribution >= 0.6 is 0 Å². The molecule has 0 saturated carbocycles. The molecule has 0 saturated heterocycles. The van der Waals surface area contributed by atoms with Gasteiger partial charge in [0.1, 0.15) is 0 Å². The molecule has 6 nitrogen and oxygen atoms in total. The number of methoxy groups -OCH3 is 1. The van der Waals surface area contributed by atoms with Crippen LogP contribution in [0.25, 0.3) is 0 Å². The number of nitro benzene ring substituents is 1. The van der Waals surface area contributed by atoms with Gasteiger partial charge >= 0.3 is 5.97 Å². The molecule has 0 fully saturated rings. The van der Waals surface area contributed by atoms with Crippen LogP contribution in [0, 0.1) is 17.0 Å². The third-order valence-corrected chi connectivity index (χ3v) is 3.13. The topological polar surface area (TPSA) is 72.7 Å². The number of carbonyl (C=O) groups excluding carboxylic acids is 1. The summed E-state index contributed by atoms with van der Waals surface area (Å²) >= 11 is 0. The molecule has 0 aliphatic carbocycles. The molecular weight excluding hydrogens is 260 g/mol. The highest BCUT2D eigenvalue weighted by atomic mass is 16.6. The number of carbonyl (C=O) groups is 1. The van der Waals surface area contributed by atoms with Gasteiger partial charge in [-0.05, 0) is 25.5 Å². The van der Waals surface area contributed by atoms with Crippen LogP contribution in [-0.4, -0.2) is 36.0 Å². The lowest BCUT2D eigenvalue weighted by molar-refractivity contribution is -0.385. The second-order valence-corrected chi connectivity index (χ2v) is 4.61. The minimum absolute atomic E-state index is 0.108. The van der Waals surface area contributed by atoms with E-state index in [2.05, 4.69) is 4.74 Å². The van der Waals surface area contributed by atoms with E-state index < -0.39 is 0 Å². The number of hydrogen-bond donors (Lipinski definition) is 0. The maximum absolute atomic E-state index is 11.4. The minimum Gasteiger partial charge on any atom is -0.468 e. The number of hydrogen-bond acceptors (Lipinski definition) is 5. The summed E-state index contributed by atoms with van der Waals surface area (Å²) in [6.07, 6.45) is 0.894. The second-order valence-electron chi connectivity index (χ2n) is 4.61. The normalized spacial score (nSPS) is 10.6. The number of rotatable bonds is 7. The van der Waals surface area contributed by atoms with Crippen LogP contribution < -0.4 is 0 Å². The van der Waals surface area contributed by atoms with Crippen molar-refractivity contribution in [3.8, 4) is 0 Å². The van der Waals surface area contributed by atoms with Crippen molar-refractivity contribution >= 4 is 11.7 Å². The van der Waals surface area contributed by atoms with Crippen LogP contribution in [0.1, 0.15) is 24.5 Å². The molecular formula is C14H20N2O4. The largest absolute Gasteiger partial charge is 0.468 e. The molecule has 0 radical (unpaired) electrons. The highest BCUT2D eigenvalue weighted by molar-refractivity contribution is 5.71. The van der Waals surface area contributed by atoms with E-state index in [0.717, 1.165) is 18.5 Å². The van der Waals surface area contributed by atoms with Crippen LogP contribution in [-0.2, 0) is 16.1 Å². The SMILES string of the molecule is CCCN(CC(=O)OC)Cc1cccc([N+](=O)[O-])c1C. The van der Waals surface area contributed by atoms with Gasteiger partial charge in [-0.1, -0.05) is 19.1 Å². The van der Waals surface area contributed by atoms with Gasteiger partial charge in [0.15, 0.2) is 0 Å². The Morgan fingerprint density at radius 2 is 2.15 bits per heavy atom. The van der Waals surface area contributed by atoms with E-state index in [9.17, 15) is 14.9 Å². The summed E-state index contributed by atoms with van der Waals surface area (Å²) in [7, 11) is 1.35. The second kappa shape index (κ2) is 7.59. The number of benzene rings is 1. The van der Waals surface area contributed by atoms with Gasteiger partial charge in [0.25, 0.3) is 5.69 Å². The summed E-state index contributed by atoms with van der Waals surface area (Å²) in [6, 6.07) is 5.01. The van der Waals surface area contributed by atoms with E-state index in [1.54, 1.807) is 13.0 Å². The third kappa shape index (κ3) is 4.31. The van der Waals surface area contributed by atoms with Gasteiger partial charge in [0.2, 0.25) is 0 Å². The van der Waals surface area contributed by atoms with Gasteiger partial charge in [0, 0.05) is 18.2 Å². The van der Waals surface area contributed by atoms with Crippen molar-refractivity contribution in [2.75, 3.05) is 20.2 Å². The van der Waals surface area contributed by atoms with Crippen molar-refractivity contribution in [3.05, 3.63) is 39.4 Å². The molecule has 0 unspecified atom stereocenters. The Kier molecular flexibility index (Phi) is 6.11. The van der Waals surface area contributed by atoms with Crippen LogP contribution in [0.4, 0.5) is 5.69 Å². The summed E-state index contributed by atoms with van der Waals surface area (Å²) < 4.78 is 4.67. The van der Waals surface area contributed by atoms with E-state index in [1.807, 2.05) is 17.9 Å². The number of esters is 1. The molecule has 0 atom stereocenters. The molecule has 0 aliphatic heterocycles. The van der Waals surface area contributed by atoms with E-state index in [0.29, 0.717) is 12.1 Å². The summed E-state index contributed by atoms with van der Waals surface area (Å²) in [6.45, 7) is 5.17. The molecule has 1 aromatic carbocycles. The van der Waals surface area contributed by atoms with Crippen molar-refractivity contribution in [1.29, 1.82) is 0 Å². The van der Waals surface area contributed by atoms with Crippen molar-refractivity contribution in [1.82, 2.24) is 4.90 Å². The van der Waals surface area contributed by atoms with Gasteiger partial charge in [-0.15, -0.1) is 0 Å². The van der Waals surface area contributed by atoms with Crippen molar-refractivity contribution < 1.29 is 14.5 Å². The Labute approximate surface area is 118 Å². The molecule has 0 amide bonds. The van der Waals surface area contributed by atoms with Gasteiger partial charge in [0.05, 0.1) is 18.6 Å². The van der Waals surface area contributed by atoms with Crippen LogP contribution in [0.15, 0.2) is 18.2 Å². The Balaban J connectivity index is 2.90. The van der Waals surface area contributed by atoms with Crippen molar-refractivity contribution in [3.63, 3.8) is 0 Å². The molecule has 0 aliphatic rings. The molecule has 6 heteroatoms. The van der Waals surface area contributed by atoms with Crippen LogP contribution in [0.3, 0.4) is 0 Å². The monoisotopic (exact) mass is 280 g/mol. The van der Waals surface area contributed by atoms with Crippen LogP contribution in [0.5, 0.6) is 0 Å². The Hall–Kier alpha value is -1.95. The van der Waals surface area contributed by atoms with Crippen molar-refractivity contribution in [2.24, 2.45) is 0 Å². The first-order valence-electron chi connectivity index (χ1n) is 6.51. The lowest BCUT2D eigenvalue weighted by atomic mass is 10.1. The Morgan fingerprint density at radius 1 is 1.45 bits per heavy atom. The average Bonchev–Trinajstić information content (AvgIpc) is 2.40. The molecule has 0 bridgehead atoms. The van der Waals surface area contributed by atoms with Gasteiger partial charge < -0.3 is 4.74 Å². The van der Waals surface area contributed by atoms with Gasteiger partial charge in [-0.25, -0.2) is 0 Å². The minimum atomic E-state index is -0.386. The fourth-order valence-electron chi connectivity index (χ4n) is 2.06. The summed E-state index contributed by atoms with van der Waals surface area (Å²) in [5.41, 5.74) is 1.61. The number of ether oxygens (including phenoxy) is 1.